The van der Waals surface area contributed by atoms with Crippen LogP contribution in [-0.4, -0.2) is 13.3 Å². The Bertz CT molecular complexity index is 602. The monoisotopic (exact) mass is 273 g/mol. The van der Waals surface area contributed by atoms with Crippen LogP contribution in [0.15, 0.2) is 36.4 Å². The van der Waals surface area contributed by atoms with Crippen molar-refractivity contribution in [3.63, 3.8) is 0 Å². The second kappa shape index (κ2) is 5.45. The maximum Gasteiger partial charge on any atom is 0.152 e. The first kappa shape index (κ1) is 13.6. The Morgan fingerprint density at radius 3 is 2.26 bits per heavy atom. The summed E-state index contributed by atoms with van der Waals surface area (Å²) in [7, 11) is 1.95. The smallest absolute Gasteiger partial charge is 0.152 e. The maximum absolute atomic E-state index is 11.2. The molecule has 2 aromatic carbocycles. The van der Waals surface area contributed by atoms with E-state index in [0.717, 1.165) is 17.7 Å². The zero-order valence-corrected chi connectivity index (χ0v) is 12.0. The molecule has 0 heterocycles. The van der Waals surface area contributed by atoms with Crippen molar-refractivity contribution in [3.05, 3.63) is 58.1 Å². The summed E-state index contributed by atoms with van der Waals surface area (Å²) in [4.78, 5) is 13.2. The molecule has 0 amide bonds. The summed E-state index contributed by atoms with van der Waals surface area (Å²) in [5.41, 5.74) is 4.90. The molecule has 0 spiro atoms. The molecule has 0 radical (unpaired) electrons. The van der Waals surface area contributed by atoms with Gasteiger partial charge >= 0.3 is 0 Å². The van der Waals surface area contributed by atoms with Gasteiger partial charge in [-0.1, -0.05) is 17.7 Å². The van der Waals surface area contributed by atoms with Gasteiger partial charge in [0.1, 0.15) is 0 Å². The largest absolute Gasteiger partial charge is 0.344 e. The highest BCUT2D eigenvalue weighted by Gasteiger charge is 2.10. The van der Waals surface area contributed by atoms with Gasteiger partial charge in [0.2, 0.25) is 0 Å². The third-order valence-corrected chi connectivity index (χ3v) is 3.31. The Hall–Kier alpha value is -1.80. The van der Waals surface area contributed by atoms with Crippen molar-refractivity contribution in [2.24, 2.45) is 0 Å². The lowest BCUT2D eigenvalue weighted by Gasteiger charge is -2.22. The lowest BCUT2D eigenvalue weighted by Crippen LogP contribution is -2.12. The standard InChI is InChI=1S/C16H16ClNO/c1-11-6-12(2)8-15(7-11)18(3)16-5-4-14(17)9-13(16)10-19/h4-10H,1-3H3. The van der Waals surface area contributed by atoms with Crippen LogP contribution in [0.5, 0.6) is 0 Å². The van der Waals surface area contributed by atoms with Gasteiger partial charge in [-0.2, -0.15) is 0 Å². The molecule has 0 aliphatic heterocycles. The van der Waals surface area contributed by atoms with E-state index in [1.54, 1.807) is 12.1 Å². The van der Waals surface area contributed by atoms with Gasteiger partial charge in [-0.3, -0.25) is 4.79 Å². The third kappa shape index (κ3) is 2.96. The van der Waals surface area contributed by atoms with E-state index < -0.39 is 0 Å². The van der Waals surface area contributed by atoms with E-state index in [-0.39, 0.29) is 0 Å². The van der Waals surface area contributed by atoms with Gasteiger partial charge in [0, 0.05) is 23.3 Å². The first-order chi connectivity index (χ1) is 9.01. The fraction of sp³-hybridized carbons (Fsp3) is 0.188. The van der Waals surface area contributed by atoms with Crippen LogP contribution in [0.2, 0.25) is 5.02 Å². The molecule has 2 rings (SSSR count). The van der Waals surface area contributed by atoms with Gasteiger partial charge in [-0.05, 0) is 55.3 Å². The second-order valence-corrected chi connectivity index (χ2v) is 5.16. The molecule has 0 aliphatic carbocycles. The number of hydrogen-bond donors (Lipinski definition) is 0. The predicted molar refractivity (Wildman–Crippen MR) is 80.8 cm³/mol. The summed E-state index contributed by atoms with van der Waals surface area (Å²) >= 11 is 5.92. The minimum absolute atomic E-state index is 0.569. The first-order valence-corrected chi connectivity index (χ1v) is 6.46. The summed E-state index contributed by atoms with van der Waals surface area (Å²) in [6.45, 7) is 4.12. The van der Waals surface area contributed by atoms with Crippen molar-refractivity contribution in [3.8, 4) is 0 Å². The highest BCUT2D eigenvalue weighted by atomic mass is 35.5. The molecule has 0 aromatic heterocycles. The molecular weight excluding hydrogens is 258 g/mol. The van der Waals surface area contributed by atoms with Crippen LogP contribution in [0.25, 0.3) is 0 Å². The molecule has 0 aliphatic rings. The van der Waals surface area contributed by atoms with Crippen molar-refractivity contribution in [1.82, 2.24) is 0 Å². The molecule has 2 nitrogen and oxygen atoms in total. The fourth-order valence-corrected chi connectivity index (χ4v) is 2.39. The van der Waals surface area contributed by atoms with Gasteiger partial charge in [0.15, 0.2) is 6.29 Å². The van der Waals surface area contributed by atoms with Crippen molar-refractivity contribution in [2.75, 3.05) is 11.9 Å². The topological polar surface area (TPSA) is 20.3 Å². The number of rotatable bonds is 3. The van der Waals surface area contributed by atoms with Crippen LogP contribution in [0.1, 0.15) is 21.5 Å². The van der Waals surface area contributed by atoms with Crippen LogP contribution < -0.4 is 4.90 Å². The number of benzene rings is 2. The predicted octanol–water partition coefficient (Wildman–Crippen LogP) is 4.54. The lowest BCUT2D eigenvalue weighted by atomic mass is 10.1. The van der Waals surface area contributed by atoms with Gasteiger partial charge in [0.25, 0.3) is 0 Å². The first-order valence-electron chi connectivity index (χ1n) is 6.08. The van der Waals surface area contributed by atoms with E-state index in [1.807, 2.05) is 18.0 Å². The molecule has 0 bridgehead atoms. The number of aryl methyl sites for hydroxylation is 2. The van der Waals surface area contributed by atoms with Crippen molar-refractivity contribution < 1.29 is 4.79 Å². The number of carbonyl (C=O) groups is 1. The number of halogens is 1. The van der Waals surface area contributed by atoms with E-state index in [1.165, 1.54) is 11.1 Å². The molecule has 98 valence electrons. The summed E-state index contributed by atoms with van der Waals surface area (Å²) in [6.07, 6.45) is 0.834. The molecule has 19 heavy (non-hydrogen) atoms. The Labute approximate surface area is 118 Å². The summed E-state index contributed by atoms with van der Waals surface area (Å²) in [5.74, 6) is 0. The van der Waals surface area contributed by atoms with E-state index in [4.69, 9.17) is 11.6 Å². The highest BCUT2D eigenvalue weighted by molar-refractivity contribution is 6.31. The summed E-state index contributed by atoms with van der Waals surface area (Å²) in [6, 6.07) is 11.7. The van der Waals surface area contributed by atoms with Crippen molar-refractivity contribution in [2.45, 2.75) is 13.8 Å². The van der Waals surface area contributed by atoms with Gasteiger partial charge < -0.3 is 4.90 Å². The van der Waals surface area contributed by atoms with E-state index >= 15 is 0 Å². The molecular formula is C16H16ClNO. The molecule has 0 atom stereocenters. The van der Waals surface area contributed by atoms with Crippen LogP contribution in [-0.2, 0) is 0 Å². The molecule has 3 heteroatoms. The Kier molecular flexibility index (Phi) is 3.91. The molecule has 0 N–H and O–H groups in total. The molecule has 2 aromatic rings. The maximum atomic E-state index is 11.2. The minimum atomic E-state index is 0.569. The average molecular weight is 274 g/mol. The Morgan fingerprint density at radius 2 is 1.68 bits per heavy atom. The summed E-state index contributed by atoms with van der Waals surface area (Å²) in [5, 5.41) is 0.569. The minimum Gasteiger partial charge on any atom is -0.344 e. The normalized spacial score (nSPS) is 10.3. The van der Waals surface area contributed by atoms with Crippen molar-refractivity contribution >= 4 is 29.3 Å². The van der Waals surface area contributed by atoms with Crippen LogP contribution in [0.3, 0.4) is 0 Å². The Balaban J connectivity index is 2.49. The summed E-state index contributed by atoms with van der Waals surface area (Å²) < 4.78 is 0. The van der Waals surface area contributed by atoms with Gasteiger partial charge in [0.05, 0.1) is 5.69 Å². The molecule has 0 saturated carbocycles. The highest BCUT2D eigenvalue weighted by Crippen LogP contribution is 2.29. The molecule has 0 fully saturated rings. The number of carbonyl (C=O) groups excluding carboxylic acids is 1. The van der Waals surface area contributed by atoms with Crippen LogP contribution in [0.4, 0.5) is 11.4 Å². The van der Waals surface area contributed by atoms with Gasteiger partial charge in [-0.25, -0.2) is 0 Å². The quantitative estimate of drug-likeness (QED) is 0.766. The van der Waals surface area contributed by atoms with Crippen LogP contribution in [0, 0.1) is 13.8 Å². The number of nitrogens with zero attached hydrogens (tertiary/aromatic N) is 1. The lowest BCUT2D eigenvalue weighted by molar-refractivity contribution is 0.112. The van der Waals surface area contributed by atoms with E-state index in [9.17, 15) is 4.79 Å². The van der Waals surface area contributed by atoms with E-state index in [0.29, 0.717) is 10.6 Å². The van der Waals surface area contributed by atoms with Gasteiger partial charge in [-0.15, -0.1) is 0 Å². The second-order valence-electron chi connectivity index (χ2n) is 4.73. The zero-order chi connectivity index (χ0) is 14.0. The fourth-order valence-electron chi connectivity index (χ4n) is 2.21. The molecule has 0 saturated heterocycles. The third-order valence-electron chi connectivity index (χ3n) is 3.07. The van der Waals surface area contributed by atoms with E-state index in [2.05, 4.69) is 32.0 Å². The zero-order valence-electron chi connectivity index (χ0n) is 11.3. The van der Waals surface area contributed by atoms with Crippen molar-refractivity contribution in [1.29, 1.82) is 0 Å². The van der Waals surface area contributed by atoms with Crippen LogP contribution >= 0.6 is 11.6 Å². The average Bonchev–Trinajstić information content (AvgIpc) is 2.36. The molecule has 0 unspecified atom stereocenters. The number of hydrogen-bond acceptors (Lipinski definition) is 2. The number of anilines is 2. The number of aldehydes is 1. The Morgan fingerprint density at radius 1 is 1.05 bits per heavy atom. The SMILES string of the molecule is Cc1cc(C)cc(N(C)c2ccc(Cl)cc2C=O)c1.